The molecule has 1 rings (SSSR count). The van der Waals surface area contributed by atoms with Crippen LogP contribution in [0.1, 0.15) is 30.3 Å². The summed E-state index contributed by atoms with van der Waals surface area (Å²) in [5.41, 5.74) is 0. The number of hydrogen-bond acceptors (Lipinski definition) is 2. The Balaban J connectivity index is 2.56. The van der Waals surface area contributed by atoms with Crippen LogP contribution in [0.25, 0.3) is 0 Å². The Labute approximate surface area is 88.6 Å². The first-order valence-corrected chi connectivity index (χ1v) is 5.03. The highest BCUT2D eigenvalue weighted by Crippen LogP contribution is 2.14. The molecule has 0 aliphatic carbocycles. The molecule has 0 atom stereocenters. The zero-order valence-electron chi connectivity index (χ0n) is 8.42. The Morgan fingerprint density at radius 2 is 2.29 bits per heavy atom. The number of rotatable bonds is 4. The van der Waals surface area contributed by atoms with Crippen LogP contribution in [-0.4, -0.2) is 24.4 Å². The van der Waals surface area contributed by atoms with E-state index in [0.717, 1.165) is 19.4 Å². The minimum Gasteiger partial charge on any atom is -0.440 e. The highest BCUT2D eigenvalue weighted by Gasteiger charge is 2.14. The van der Waals surface area contributed by atoms with Gasteiger partial charge < -0.3 is 9.32 Å². The number of halogens is 1. The van der Waals surface area contributed by atoms with Crippen molar-refractivity contribution in [1.29, 1.82) is 0 Å². The van der Waals surface area contributed by atoms with Gasteiger partial charge in [-0.05, 0) is 30.2 Å². The fourth-order valence-electron chi connectivity index (χ4n) is 1.11. The van der Waals surface area contributed by atoms with E-state index in [-0.39, 0.29) is 11.1 Å². The van der Waals surface area contributed by atoms with Crippen molar-refractivity contribution in [2.45, 2.75) is 19.8 Å². The minimum absolute atomic E-state index is 0.120. The molecule has 0 unspecified atom stereocenters. The standard InChI is InChI=1S/C10H14ClNO2/c1-3-4-7-12(2)10(13)8-5-6-9(11)14-8/h5-6H,3-4,7H2,1-2H3. The van der Waals surface area contributed by atoms with Crippen molar-refractivity contribution in [3.05, 3.63) is 23.1 Å². The second kappa shape index (κ2) is 5.05. The summed E-state index contributed by atoms with van der Waals surface area (Å²) in [6, 6.07) is 3.16. The van der Waals surface area contributed by atoms with Crippen LogP contribution in [-0.2, 0) is 0 Å². The third kappa shape index (κ3) is 2.77. The van der Waals surface area contributed by atoms with Crippen molar-refractivity contribution in [2.75, 3.05) is 13.6 Å². The molecule has 0 bridgehead atoms. The van der Waals surface area contributed by atoms with Crippen LogP contribution >= 0.6 is 11.6 Å². The molecule has 0 aliphatic rings. The molecule has 3 nitrogen and oxygen atoms in total. The van der Waals surface area contributed by atoms with Gasteiger partial charge in [-0.2, -0.15) is 0 Å². The summed E-state index contributed by atoms with van der Waals surface area (Å²) in [7, 11) is 1.76. The predicted molar refractivity (Wildman–Crippen MR) is 55.6 cm³/mol. The molecule has 78 valence electrons. The van der Waals surface area contributed by atoms with E-state index >= 15 is 0 Å². The fraction of sp³-hybridized carbons (Fsp3) is 0.500. The number of unbranched alkanes of at least 4 members (excludes halogenated alkanes) is 1. The molecule has 1 aromatic heterocycles. The van der Waals surface area contributed by atoms with E-state index in [0.29, 0.717) is 5.76 Å². The summed E-state index contributed by atoms with van der Waals surface area (Å²) >= 11 is 5.58. The van der Waals surface area contributed by atoms with Crippen LogP contribution in [0.3, 0.4) is 0 Å². The molecule has 0 saturated heterocycles. The molecule has 0 saturated carbocycles. The second-order valence-corrected chi connectivity index (χ2v) is 3.56. The molecule has 0 aliphatic heterocycles. The third-order valence-electron chi connectivity index (χ3n) is 1.98. The first-order valence-electron chi connectivity index (χ1n) is 4.66. The van der Waals surface area contributed by atoms with Crippen molar-refractivity contribution < 1.29 is 9.21 Å². The van der Waals surface area contributed by atoms with Gasteiger partial charge in [-0.1, -0.05) is 13.3 Å². The largest absolute Gasteiger partial charge is 0.440 e. The van der Waals surface area contributed by atoms with Gasteiger partial charge in [0.2, 0.25) is 0 Å². The first kappa shape index (κ1) is 11.1. The summed E-state index contributed by atoms with van der Waals surface area (Å²) in [5.74, 6) is 0.180. The quantitative estimate of drug-likeness (QED) is 0.774. The van der Waals surface area contributed by atoms with Crippen LogP contribution < -0.4 is 0 Å². The van der Waals surface area contributed by atoms with Crippen molar-refractivity contribution in [3.8, 4) is 0 Å². The Morgan fingerprint density at radius 1 is 1.57 bits per heavy atom. The topological polar surface area (TPSA) is 33.5 Å². The minimum atomic E-state index is -0.120. The molecule has 0 N–H and O–H groups in total. The van der Waals surface area contributed by atoms with Crippen LogP contribution in [0.15, 0.2) is 16.5 Å². The number of hydrogen-bond donors (Lipinski definition) is 0. The Kier molecular flexibility index (Phi) is 4.01. The SMILES string of the molecule is CCCCN(C)C(=O)c1ccc(Cl)o1. The van der Waals surface area contributed by atoms with Gasteiger partial charge in [-0.3, -0.25) is 4.79 Å². The van der Waals surface area contributed by atoms with Crippen LogP contribution in [0, 0.1) is 0 Å². The Hall–Kier alpha value is -0.960. The van der Waals surface area contributed by atoms with E-state index in [2.05, 4.69) is 6.92 Å². The number of carbonyl (C=O) groups excluding carboxylic acids is 1. The second-order valence-electron chi connectivity index (χ2n) is 3.18. The molecule has 4 heteroatoms. The van der Waals surface area contributed by atoms with Gasteiger partial charge in [0.05, 0.1) is 0 Å². The summed E-state index contributed by atoms with van der Waals surface area (Å²) in [5, 5.41) is 0.247. The van der Waals surface area contributed by atoms with Gasteiger partial charge >= 0.3 is 0 Å². The average Bonchev–Trinajstić information content (AvgIpc) is 2.60. The molecule has 0 spiro atoms. The highest BCUT2D eigenvalue weighted by molar-refractivity contribution is 6.29. The molecule has 0 aromatic carbocycles. The maximum absolute atomic E-state index is 11.6. The molecule has 0 radical (unpaired) electrons. The summed E-state index contributed by atoms with van der Waals surface area (Å²) in [4.78, 5) is 13.3. The summed E-state index contributed by atoms with van der Waals surface area (Å²) < 4.78 is 5.02. The van der Waals surface area contributed by atoms with Crippen molar-refractivity contribution in [1.82, 2.24) is 4.90 Å². The Morgan fingerprint density at radius 3 is 2.79 bits per heavy atom. The van der Waals surface area contributed by atoms with E-state index in [1.165, 1.54) is 0 Å². The van der Waals surface area contributed by atoms with Crippen LogP contribution in [0.2, 0.25) is 5.22 Å². The maximum Gasteiger partial charge on any atom is 0.289 e. The average molecular weight is 216 g/mol. The van der Waals surface area contributed by atoms with E-state index in [4.69, 9.17) is 16.0 Å². The van der Waals surface area contributed by atoms with Gasteiger partial charge in [0.25, 0.3) is 5.91 Å². The molecular formula is C10H14ClNO2. The lowest BCUT2D eigenvalue weighted by atomic mass is 10.3. The van der Waals surface area contributed by atoms with Crippen LogP contribution in [0.5, 0.6) is 0 Å². The maximum atomic E-state index is 11.6. The lowest BCUT2D eigenvalue weighted by Crippen LogP contribution is -2.27. The first-order chi connectivity index (χ1) is 6.65. The normalized spacial score (nSPS) is 10.2. The highest BCUT2D eigenvalue weighted by atomic mass is 35.5. The number of nitrogens with zero attached hydrogens (tertiary/aromatic N) is 1. The van der Waals surface area contributed by atoms with E-state index in [1.54, 1.807) is 24.1 Å². The number of furan rings is 1. The van der Waals surface area contributed by atoms with Gasteiger partial charge in [-0.25, -0.2) is 0 Å². The van der Waals surface area contributed by atoms with Gasteiger partial charge in [0.15, 0.2) is 11.0 Å². The molecule has 1 heterocycles. The zero-order valence-corrected chi connectivity index (χ0v) is 9.17. The fourth-order valence-corrected chi connectivity index (χ4v) is 1.26. The summed E-state index contributed by atoms with van der Waals surface area (Å²) in [6.07, 6.45) is 2.06. The monoisotopic (exact) mass is 215 g/mol. The molecule has 0 fully saturated rings. The number of amides is 1. The van der Waals surface area contributed by atoms with Crippen molar-refractivity contribution >= 4 is 17.5 Å². The smallest absolute Gasteiger partial charge is 0.289 e. The van der Waals surface area contributed by atoms with Gasteiger partial charge in [0, 0.05) is 13.6 Å². The van der Waals surface area contributed by atoms with E-state index in [9.17, 15) is 4.79 Å². The predicted octanol–water partition coefficient (Wildman–Crippen LogP) is 2.81. The lowest BCUT2D eigenvalue weighted by molar-refractivity contribution is 0.0762. The third-order valence-corrected chi connectivity index (χ3v) is 2.18. The van der Waals surface area contributed by atoms with Gasteiger partial charge in [-0.15, -0.1) is 0 Å². The molecular weight excluding hydrogens is 202 g/mol. The van der Waals surface area contributed by atoms with Crippen molar-refractivity contribution in [2.24, 2.45) is 0 Å². The van der Waals surface area contributed by atoms with E-state index < -0.39 is 0 Å². The molecule has 1 aromatic rings. The zero-order chi connectivity index (χ0) is 10.6. The molecule has 1 amide bonds. The lowest BCUT2D eigenvalue weighted by Gasteiger charge is -2.14. The Bertz CT molecular complexity index is 309. The van der Waals surface area contributed by atoms with Crippen LogP contribution in [0.4, 0.5) is 0 Å². The number of carbonyl (C=O) groups is 1. The summed E-state index contributed by atoms with van der Waals surface area (Å²) in [6.45, 7) is 2.83. The van der Waals surface area contributed by atoms with E-state index in [1.807, 2.05) is 0 Å². The van der Waals surface area contributed by atoms with Gasteiger partial charge in [0.1, 0.15) is 0 Å². The van der Waals surface area contributed by atoms with Crippen molar-refractivity contribution in [3.63, 3.8) is 0 Å². The molecule has 14 heavy (non-hydrogen) atoms.